The summed E-state index contributed by atoms with van der Waals surface area (Å²) in [4.78, 5) is 6.66. The summed E-state index contributed by atoms with van der Waals surface area (Å²) < 4.78 is 1.19. The van der Waals surface area contributed by atoms with Crippen LogP contribution in [0.15, 0.2) is 24.3 Å². The van der Waals surface area contributed by atoms with E-state index in [0.717, 1.165) is 36.8 Å². The van der Waals surface area contributed by atoms with Crippen LogP contribution < -0.4 is 10.6 Å². The molecule has 0 saturated carbocycles. The van der Waals surface area contributed by atoms with Crippen molar-refractivity contribution in [3.63, 3.8) is 0 Å². The first-order chi connectivity index (χ1) is 8.72. The lowest BCUT2D eigenvalue weighted by molar-refractivity contribution is 0.750. The smallest absolute Gasteiger partial charge is 0.245 e. The lowest BCUT2D eigenvalue weighted by atomic mass is 10.2. The van der Waals surface area contributed by atoms with E-state index in [-0.39, 0.29) is 6.04 Å². The van der Waals surface area contributed by atoms with E-state index >= 15 is 0 Å². The molecule has 1 atom stereocenters. The SMILES string of the molecule is NC1CCN(c2n[nH]c(-c3cccc(I)c3)n2)C1. The molecule has 3 N–H and O–H groups in total. The zero-order chi connectivity index (χ0) is 12.5. The second kappa shape index (κ2) is 4.85. The molecule has 1 fully saturated rings. The molecular weight excluding hydrogens is 341 g/mol. The molecule has 94 valence electrons. The Morgan fingerprint density at radius 2 is 2.33 bits per heavy atom. The third-order valence-corrected chi connectivity index (χ3v) is 3.75. The third-order valence-electron chi connectivity index (χ3n) is 3.08. The summed E-state index contributed by atoms with van der Waals surface area (Å²) in [6, 6.07) is 8.43. The van der Waals surface area contributed by atoms with Gasteiger partial charge in [0.15, 0.2) is 5.82 Å². The maximum Gasteiger partial charge on any atom is 0.245 e. The van der Waals surface area contributed by atoms with E-state index in [1.165, 1.54) is 3.57 Å². The van der Waals surface area contributed by atoms with Crippen LogP contribution in [0.4, 0.5) is 5.95 Å². The van der Waals surface area contributed by atoms with Crippen LogP contribution in [0.5, 0.6) is 0 Å². The van der Waals surface area contributed by atoms with E-state index in [1.807, 2.05) is 12.1 Å². The van der Waals surface area contributed by atoms with Gasteiger partial charge in [0.2, 0.25) is 5.95 Å². The van der Waals surface area contributed by atoms with Crippen LogP contribution in [0.3, 0.4) is 0 Å². The van der Waals surface area contributed by atoms with E-state index in [1.54, 1.807) is 0 Å². The Bertz CT molecular complexity index is 553. The molecule has 5 nitrogen and oxygen atoms in total. The lowest BCUT2D eigenvalue weighted by Gasteiger charge is -2.11. The first kappa shape index (κ1) is 11.9. The molecule has 1 saturated heterocycles. The molecule has 18 heavy (non-hydrogen) atoms. The fourth-order valence-electron chi connectivity index (χ4n) is 2.13. The monoisotopic (exact) mass is 355 g/mol. The van der Waals surface area contributed by atoms with Crippen LogP contribution >= 0.6 is 22.6 Å². The number of aromatic nitrogens is 3. The molecule has 2 aromatic rings. The largest absolute Gasteiger partial charge is 0.338 e. The zero-order valence-corrected chi connectivity index (χ0v) is 12.0. The van der Waals surface area contributed by atoms with E-state index in [0.29, 0.717) is 0 Å². The van der Waals surface area contributed by atoms with Gasteiger partial charge in [-0.25, -0.2) is 0 Å². The number of nitrogens with two attached hydrogens (primary N) is 1. The highest BCUT2D eigenvalue weighted by molar-refractivity contribution is 14.1. The number of rotatable bonds is 2. The maximum atomic E-state index is 5.89. The summed E-state index contributed by atoms with van der Waals surface area (Å²) in [7, 11) is 0. The molecule has 0 bridgehead atoms. The fraction of sp³-hybridized carbons (Fsp3) is 0.333. The Hall–Kier alpha value is -1.15. The number of nitrogens with one attached hydrogen (secondary N) is 1. The van der Waals surface area contributed by atoms with Crippen LogP contribution in [0.1, 0.15) is 6.42 Å². The number of halogens is 1. The summed E-state index contributed by atoms with van der Waals surface area (Å²) in [6.07, 6.45) is 1.01. The highest BCUT2D eigenvalue weighted by Gasteiger charge is 2.22. The van der Waals surface area contributed by atoms with Gasteiger partial charge in [0.05, 0.1) is 0 Å². The molecule has 1 aliphatic heterocycles. The fourth-order valence-corrected chi connectivity index (χ4v) is 2.67. The van der Waals surface area contributed by atoms with Crippen molar-refractivity contribution in [1.29, 1.82) is 0 Å². The number of nitrogens with zero attached hydrogens (tertiary/aromatic N) is 3. The molecule has 0 spiro atoms. The predicted molar refractivity (Wildman–Crippen MR) is 79.3 cm³/mol. The maximum absolute atomic E-state index is 5.89. The summed E-state index contributed by atoms with van der Waals surface area (Å²) in [5.74, 6) is 1.56. The molecule has 1 unspecified atom stereocenters. The third kappa shape index (κ3) is 2.35. The Balaban J connectivity index is 1.85. The average Bonchev–Trinajstić information content (AvgIpc) is 2.97. The lowest BCUT2D eigenvalue weighted by Crippen LogP contribution is -2.26. The number of H-pyrrole nitrogens is 1. The Labute approximate surface area is 119 Å². The number of anilines is 1. The van der Waals surface area contributed by atoms with Crippen LogP contribution in [0.25, 0.3) is 11.4 Å². The van der Waals surface area contributed by atoms with Gasteiger partial charge in [-0.15, -0.1) is 5.10 Å². The van der Waals surface area contributed by atoms with Gasteiger partial charge >= 0.3 is 0 Å². The summed E-state index contributed by atoms with van der Waals surface area (Å²) in [5.41, 5.74) is 6.95. The van der Waals surface area contributed by atoms with Gasteiger partial charge in [-0.2, -0.15) is 4.98 Å². The van der Waals surface area contributed by atoms with E-state index in [4.69, 9.17) is 5.73 Å². The normalized spacial score (nSPS) is 19.4. The quantitative estimate of drug-likeness (QED) is 0.804. The molecule has 1 aromatic carbocycles. The van der Waals surface area contributed by atoms with Gasteiger partial charge < -0.3 is 10.6 Å². The van der Waals surface area contributed by atoms with Gasteiger partial charge in [-0.05, 0) is 41.1 Å². The topological polar surface area (TPSA) is 70.8 Å². The predicted octanol–water partition coefficient (Wildman–Crippen LogP) is 1.61. The van der Waals surface area contributed by atoms with Gasteiger partial charge in [0.25, 0.3) is 0 Å². The standard InChI is InChI=1S/C12H14IN5/c13-9-3-1-2-8(6-9)11-15-12(17-16-11)18-5-4-10(14)7-18/h1-3,6,10H,4-5,7,14H2,(H,15,16,17). The van der Waals surface area contributed by atoms with E-state index in [9.17, 15) is 0 Å². The van der Waals surface area contributed by atoms with Crippen molar-refractivity contribution in [2.24, 2.45) is 5.73 Å². The summed E-state index contributed by atoms with van der Waals surface area (Å²) in [5, 5.41) is 7.26. The van der Waals surface area contributed by atoms with E-state index < -0.39 is 0 Å². The summed E-state index contributed by atoms with van der Waals surface area (Å²) in [6.45, 7) is 1.77. The molecule has 1 aliphatic rings. The van der Waals surface area contributed by atoms with Crippen LogP contribution in [0.2, 0.25) is 0 Å². The van der Waals surface area contributed by atoms with Gasteiger partial charge in [-0.1, -0.05) is 12.1 Å². The minimum Gasteiger partial charge on any atom is -0.338 e. The first-order valence-corrected chi connectivity index (χ1v) is 6.99. The summed E-state index contributed by atoms with van der Waals surface area (Å²) >= 11 is 2.29. The van der Waals surface area contributed by atoms with Crippen molar-refractivity contribution >= 4 is 28.5 Å². The second-order valence-electron chi connectivity index (χ2n) is 4.49. The Morgan fingerprint density at radius 1 is 1.44 bits per heavy atom. The van der Waals surface area contributed by atoms with Crippen molar-refractivity contribution in [2.75, 3.05) is 18.0 Å². The Morgan fingerprint density at radius 3 is 3.06 bits per heavy atom. The average molecular weight is 355 g/mol. The van der Waals surface area contributed by atoms with Crippen LogP contribution in [-0.2, 0) is 0 Å². The van der Waals surface area contributed by atoms with Gasteiger partial charge in [0.1, 0.15) is 0 Å². The van der Waals surface area contributed by atoms with Crippen molar-refractivity contribution in [2.45, 2.75) is 12.5 Å². The number of benzene rings is 1. The number of hydrogen-bond donors (Lipinski definition) is 2. The minimum absolute atomic E-state index is 0.240. The second-order valence-corrected chi connectivity index (χ2v) is 5.73. The molecule has 2 heterocycles. The van der Waals surface area contributed by atoms with Crippen molar-refractivity contribution in [3.8, 4) is 11.4 Å². The van der Waals surface area contributed by atoms with Crippen LogP contribution in [0, 0.1) is 3.57 Å². The Kier molecular flexibility index (Phi) is 3.21. The van der Waals surface area contributed by atoms with Gasteiger partial charge in [-0.3, -0.25) is 5.10 Å². The first-order valence-electron chi connectivity index (χ1n) is 5.91. The molecule has 3 rings (SSSR count). The molecule has 6 heteroatoms. The van der Waals surface area contributed by atoms with Crippen molar-refractivity contribution in [1.82, 2.24) is 15.2 Å². The molecule has 0 amide bonds. The van der Waals surface area contributed by atoms with Crippen molar-refractivity contribution < 1.29 is 0 Å². The number of aromatic amines is 1. The molecule has 0 radical (unpaired) electrons. The van der Waals surface area contributed by atoms with Crippen molar-refractivity contribution in [3.05, 3.63) is 27.8 Å². The molecular formula is C12H14IN5. The number of hydrogen-bond acceptors (Lipinski definition) is 4. The highest BCUT2D eigenvalue weighted by Crippen LogP contribution is 2.21. The van der Waals surface area contributed by atoms with Gasteiger partial charge in [0, 0.05) is 28.3 Å². The highest BCUT2D eigenvalue weighted by atomic mass is 127. The molecule has 1 aromatic heterocycles. The van der Waals surface area contributed by atoms with E-state index in [2.05, 4.69) is 54.8 Å². The molecule has 0 aliphatic carbocycles. The zero-order valence-electron chi connectivity index (χ0n) is 9.81. The minimum atomic E-state index is 0.240. The van der Waals surface area contributed by atoms with Crippen LogP contribution in [-0.4, -0.2) is 34.3 Å².